The maximum Gasteiger partial charge on any atom is 0.0708 e. The zero-order valence-corrected chi connectivity index (χ0v) is 12.2. The van der Waals surface area contributed by atoms with Gasteiger partial charge in [0.1, 0.15) is 0 Å². The van der Waals surface area contributed by atoms with E-state index in [2.05, 4.69) is 41.1 Å². The van der Waals surface area contributed by atoms with Crippen LogP contribution in [0.25, 0.3) is 10.9 Å². The van der Waals surface area contributed by atoms with Gasteiger partial charge in [0.05, 0.1) is 11.6 Å². The van der Waals surface area contributed by atoms with E-state index in [9.17, 15) is 5.11 Å². The van der Waals surface area contributed by atoms with Gasteiger partial charge in [-0.25, -0.2) is 0 Å². The van der Waals surface area contributed by atoms with Crippen molar-refractivity contribution in [2.45, 2.75) is 32.9 Å². The smallest absolute Gasteiger partial charge is 0.0708 e. The van der Waals surface area contributed by atoms with Gasteiger partial charge in [-0.1, -0.05) is 25.1 Å². The number of hydrogen-bond donors (Lipinski definition) is 1. The second-order valence-corrected chi connectivity index (χ2v) is 6.01. The van der Waals surface area contributed by atoms with Crippen molar-refractivity contribution in [3.05, 3.63) is 41.6 Å². The molecule has 0 aliphatic carbocycles. The first kappa shape index (κ1) is 13.5. The molecule has 2 aromatic rings. The molecule has 3 heteroatoms. The number of nitrogens with zero attached hydrogens (tertiary/aromatic N) is 2. The highest BCUT2D eigenvalue weighted by Crippen LogP contribution is 2.23. The van der Waals surface area contributed by atoms with Gasteiger partial charge in [0.2, 0.25) is 0 Å². The van der Waals surface area contributed by atoms with Crippen LogP contribution in [0.2, 0.25) is 0 Å². The van der Waals surface area contributed by atoms with E-state index < -0.39 is 0 Å². The molecule has 0 bridgehead atoms. The average Bonchev–Trinajstić information content (AvgIpc) is 2.43. The number of aryl methyl sites for hydroxylation is 1. The van der Waals surface area contributed by atoms with Gasteiger partial charge >= 0.3 is 0 Å². The Bertz CT molecular complexity index is 611. The summed E-state index contributed by atoms with van der Waals surface area (Å²) in [7, 11) is 0. The summed E-state index contributed by atoms with van der Waals surface area (Å²) in [6, 6.07) is 10.5. The van der Waals surface area contributed by atoms with Gasteiger partial charge in [0.25, 0.3) is 0 Å². The molecule has 2 heterocycles. The topological polar surface area (TPSA) is 36.4 Å². The van der Waals surface area contributed by atoms with Gasteiger partial charge in [0.15, 0.2) is 0 Å². The van der Waals surface area contributed by atoms with Crippen molar-refractivity contribution in [1.29, 1.82) is 0 Å². The molecular weight excluding hydrogens is 248 g/mol. The number of pyridine rings is 1. The standard InChI is InChI=1S/C17H22N2O/c1-12-7-8-19(11-17(12)20)10-14-9-13(2)18-16-6-4-3-5-15(14)16/h3-6,9,12,17,20H,7-8,10-11H2,1-2H3. The van der Waals surface area contributed by atoms with Crippen molar-refractivity contribution in [3.8, 4) is 0 Å². The Morgan fingerprint density at radius 1 is 1.35 bits per heavy atom. The Morgan fingerprint density at radius 3 is 2.95 bits per heavy atom. The number of fused-ring (bicyclic) bond motifs is 1. The van der Waals surface area contributed by atoms with Crippen LogP contribution in [0.5, 0.6) is 0 Å². The van der Waals surface area contributed by atoms with Crippen molar-refractivity contribution in [1.82, 2.24) is 9.88 Å². The van der Waals surface area contributed by atoms with Crippen LogP contribution in [0.1, 0.15) is 24.6 Å². The van der Waals surface area contributed by atoms with Gasteiger partial charge in [-0.2, -0.15) is 0 Å². The largest absolute Gasteiger partial charge is 0.392 e. The molecule has 0 radical (unpaired) electrons. The van der Waals surface area contributed by atoms with Crippen LogP contribution in [0.3, 0.4) is 0 Å². The van der Waals surface area contributed by atoms with Crippen LogP contribution >= 0.6 is 0 Å². The van der Waals surface area contributed by atoms with Crippen LogP contribution in [0, 0.1) is 12.8 Å². The lowest BCUT2D eigenvalue weighted by Crippen LogP contribution is -2.42. The van der Waals surface area contributed by atoms with E-state index >= 15 is 0 Å². The number of β-amino-alcohol motifs (C(OH)–C–C–N with tert-alkyl or cyclic N) is 1. The zero-order chi connectivity index (χ0) is 14.1. The molecule has 3 rings (SSSR count). The third-order valence-corrected chi connectivity index (χ3v) is 4.33. The Kier molecular flexibility index (Phi) is 3.72. The SMILES string of the molecule is Cc1cc(CN2CCC(C)C(O)C2)c2ccccc2n1. The first-order valence-corrected chi connectivity index (χ1v) is 7.39. The molecule has 1 aliphatic rings. The number of aliphatic hydroxyl groups is 1. The summed E-state index contributed by atoms with van der Waals surface area (Å²) >= 11 is 0. The fourth-order valence-electron chi connectivity index (χ4n) is 3.02. The van der Waals surface area contributed by atoms with Crippen LogP contribution in [0.4, 0.5) is 0 Å². The molecule has 1 aromatic heterocycles. The minimum Gasteiger partial charge on any atom is -0.392 e. The van der Waals surface area contributed by atoms with Gasteiger partial charge in [-0.05, 0) is 43.5 Å². The fraction of sp³-hybridized carbons (Fsp3) is 0.471. The highest BCUT2D eigenvalue weighted by molar-refractivity contribution is 5.82. The lowest BCUT2D eigenvalue weighted by Gasteiger charge is -2.34. The second kappa shape index (κ2) is 5.51. The summed E-state index contributed by atoms with van der Waals surface area (Å²) in [5.74, 6) is 0.419. The Labute approximate surface area is 120 Å². The van der Waals surface area contributed by atoms with E-state index in [-0.39, 0.29) is 6.10 Å². The van der Waals surface area contributed by atoms with Crippen molar-refractivity contribution in [3.63, 3.8) is 0 Å². The molecule has 1 N–H and O–H groups in total. The maximum absolute atomic E-state index is 10.0. The summed E-state index contributed by atoms with van der Waals surface area (Å²) in [5, 5.41) is 11.3. The number of piperidine rings is 1. The highest BCUT2D eigenvalue weighted by Gasteiger charge is 2.24. The van der Waals surface area contributed by atoms with Crippen molar-refractivity contribution < 1.29 is 5.11 Å². The van der Waals surface area contributed by atoms with E-state index in [0.717, 1.165) is 37.3 Å². The van der Waals surface area contributed by atoms with Gasteiger partial charge in [0, 0.05) is 24.2 Å². The number of aromatic nitrogens is 1. The molecular formula is C17H22N2O. The second-order valence-electron chi connectivity index (χ2n) is 6.01. The first-order valence-electron chi connectivity index (χ1n) is 7.39. The summed E-state index contributed by atoms with van der Waals surface area (Å²) in [5.41, 5.74) is 3.44. The van der Waals surface area contributed by atoms with Gasteiger partial charge in [-0.15, -0.1) is 0 Å². The number of hydrogen-bond acceptors (Lipinski definition) is 3. The molecule has 0 saturated carbocycles. The predicted molar refractivity (Wildman–Crippen MR) is 81.5 cm³/mol. The highest BCUT2D eigenvalue weighted by atomic mass is 16.3. The lowest BCUT2D eigenvalue weighted by molar-refractivity contribution is 0.0261. The lowest BCUT2D eigenvalue weighted by atomic mass is 9.95. The van der Waals surface area contributed by atoms with Crippen molar-refractivity contribution >= 4 is 10.9 Å². The Morgan fingerprint density at radius 2 is 2.15 bits per heavy atom. The molecule has 20 heavy (non-hydrogen) atoms. The summed E-state index contributed by atoms with van der Waals surface area (Å²) in [4.78, 5) is 6.94. The summed E-state index contributed by atoms with van der Waals surface area (Å²) < 4.78 is 0. The van der Waals surface area contributed by atoms with Crippen molar-refractivity contribution in [2.24, 2.45) is 5.92 Å². The molecule has 106 valence electrons. The van der Waals surface area contributed by atoms with Gasteiger partial charge in [-0.3, -0.25) is 9.88 Å². The minimum atomic E-state index is -0.196. The normalized spacial score (nSPS) is 24.1. The molecule has 0 amide bonds. The van der Waals surface area contributed by atoms with E-state index in [0.29, 0.717) is 5.92 Å². The molecule has 0 spiro atoms. The molecule has 2 atom stereocenters. The quantitative estimate of drug-likeness (QED) is 0.911. The number of para-hydroxylation sites is 1. The molecule has 2 unspecified atom stereocenters. The molecule has 3 nitrogen and oxygen atoms in total. The van der Waals surface area contributed by atoms with Crippen molar-refractivity contribution in [2.75, 3.05) is 13.1 Å². The van der Waals surface area contributed by atoms with E-state index in [1.54, 1.807) is 0 Å². The van der Waals surface area contributed by atoms with E-state index in [1.807, 2.05) is 13.0 Å². The third kappa shape index (κ3) is 2.69. The third-order valence-electron chi connectivity index (χ3n) is 4.33. The molecule has 1 aromatic carbocycles. The van der Waals surface area contributed by atoms with Crippen LogP contribution in [-0.2, 0) is 6.54 Å². The number of rotatable bonds is 2. The number of benzene rings is 1. The van der Waals surface area contributed by atoms with Gasteiger partial charge < -0.3 is 5.11 Å². The predicted octanol–water partition coefficient (Wildman–Crippen LogP) is 2.75. The number of likely N-dealkylation sites (tertiary alicyclic amines) is 1. The van der Waals surface area contributed by atoms with E-state index in [1.165, 1.54) is 10.9 Å². The average molecular weight is 270 g/mol. The van der Waals surface area contributed by atoms with E-state index in [4.69, 9.17) is 0 Å². The Hall–Kier alpha value is -1.45. The number of aliphatic hydroxyl groups excluding tert-OH is 1. The molecule has 1 fully saturated rings. The molecule has 1 saturated heterocycles. The van der Waals surface area contributed by atoms with Crippen LogP contribution in [0.15, 0.2) is 30.3 Å². The van der Waals surface area contributed by atoms with Crippen LogP contribution < -0.4 is 0 Å². The first-order chi connectivity index (χ1) is 9.63. The Balaban J connectivity index is 1.87. The summed E-state index contributed by atoms with van der Waals surface area (Å²) in [6.07, 6.45) is 0.876. The zero-order valence-electron chi connectivity index (χ0n) is 12.2. The maximum atomic E-state index is 10.0. The van der Waals surface area contributed by atoms with Crippen LogP contribution in [-0.4, -0.2) is 34.2 Å². The fourth-order valence-corrected chi connectivity index (χ4v) is 3.02. The minimum absolute atomic E-state index is 0.196. The summed E-state index contributed by atoms with van der Waals surface area (Å²) in [6.45, 7) is 6.91. The molecule has 1 aliphatic heterocycles. The monoisotopic (exact) mass is 270 g/mol.